The molecule has 0 saturated heterocycles. The Labute approximate surface area is 124 Å². The van der Waals surface area contributed by atoms with E-state index in [1.54, 1.807) is 19.2 Å². The SMILES string of the molecule is CCCN(CC(=O)OC)c1cc(OC)ccc1C(N)=S. The Morgan fingerprint density at radius 3 is 2.60 bits per heavy atom. The first kappa shape index (κ1) is 16.2. The molecular weight excluding hydrogens is 276 g/mol. The average molecular weight is 296 g/mol. The zero-order chi connectivity index (χ0) is 15.1. The van der Waals surface area contributed by atoms with Crippen LogP contribution in [-0.2, 0) is 9.53 Å². The number of benzene rings is 1. The second-order valence-electron chi connectivity index (χ2n) is 4.25. The van der Waals surface area contributed by atoms with Gasteiger partial charge in [-0.2, -0.15) is 0 Å². The molecular formula is C14H20N2O3S. The maximum atomic E-state index is 11.5. The molecule has 1 aromatic rings. The fourth-order valence-corrected chi connectivity index (χ4v) is 2.06. The topological polar surface area (TPSA) is 64.8 Å². The summed E-state index contributed by atoms with van der Waals surface area (Å²) in [4.78, 5) is 13.7. The molecule has 5 nitrogen and oxygen atoms in total. The molecule has 20 heavy (non-hydrogen) atoms. The van der Waals surface area contributed by atoms with Gasteiger partial charge in [0.25, 0.3) is 0 Å². The van der Waals surface area contributed by atoms with E-state index in [4.69, 9.17) is 27.4 Å². The van der Waals surface area contributed by atoms with Crippen molar-refractivity contribution in [2.24, 2.45) is 5.73 Å². The highest BCUT2D eigenvalue weighted by Gasteiger charge is 2.17. The van der Waals surface area contributed by atoms with Crippen LogP contribution in [0, 0.1) is 0 Å². The fraction of sp³-hybridized carbons (Fsp3) is 0.429. The van der Waals surface area contributed by atoms with Crippen LogP contribution >= 0.6 is 12.2 Å². The molecule has 0 fully saturated rings. The van der Waals surface area contributed by atoms with E-state index in [0.717, 1.165) is 17.7 Å². The van der Waals surface area contributed by atoms with E-state index in [0.29, 0.717) is 12.3 Å². The predicted molar refractivity (Wildman–Crippen MR) is 83.4 cm³/mol. The van der Waals surface area contributed by atoms with Crippen molar-refractivity contribution in [3.8, 4) is 5.75 Å². The number of thiocarbonyl (C=S) groups is 1. The summed E-state index contributed by atoms with van der Waals surface area (Å²) in [6.45, 7) is 2.87. The van der Waals surface area contributed by atoms with Gasteiger partial charge in [0.15, 0.2) is 0 Å². The summed E-state index contributed by atoms with van der Waals surface area (Å²) in [6.07, 6.45) is 0.880. The van der Waals surface area contributed by atoms with E-state index in [1.807, 2.05) is 17.9 Å². The van der Waals surface area contributed by atoms with Gasteiger partial charge < -0.3 is 20.1 Å². The monoisotopic (exact) mass is 296 g/mol. The minimum absolute atomic E-state index is 0.146. The molecule has 0 spiro atoms. The van der Waals surface area contributed by atoms with Crippen LogP contribution in [0.1, 0.15) is 18.9 Å². The standard InChI is InChI=1S/C14H20N2O3S/c1-4-7-16(9-13(17)19-3)12-8-10(18-2)5-6-11(12)14(15)20/h5-6,8H,4,7,9H2,1-3H3,(H2,15,20). The van der Waals surface area contributed by atoms with E-state index in [9.17, 15) is 4.79 Å². The molecule has 6 heteroatoms. The van der Waals surface area contributed by atoms with Crippen molar-refractivity contribution in [3.05, 3.63) is 23.8 Å². The highest BCUT2D eigenvalue weighted by Crippen LogP contribution is 2.26. The smallest absolute Gasteiger partial charge is 0.325 e. The summed E-state index contributed by atoms with van der Waals surface area (Å²) in [5, 5.41) is 0. The van der Waals surface area contributed by atoms with Gasteiger partial charge in [0.2, 0.25) is 0 Å². The van der Waals surface area contributed by atoms with Crippen LogP contribution in [0.15, 0.2) is 18.2 Å². The highest BCUT2D eigenvalue weighted by atomic mass is 32.1. The second-order valence-corrected chi connectivity index (χ2v) is 4.68. The van der Waals surface area contributed by atoms with Gasteiger partial charge in [0.05, 0.1) is 19.9 Å². The lowest BCUT2D eigenvalue weighted by atomic mass is 10.1. The van der Waals surface area contributed by atoms with Crippen LogP contribution in [0.4, 0.5) is 5.69 Å². The predicted octanol–water partition coefficient (Wildman–Crippen LogP) is 1.72. The molecule has 1 rings (SSSR count). The molecule has 0 saturated carbocycles. The third kappa shape index (κ3) is 4.09. The van der Waals surface area contributed by atoms with E-state index in [-0.39, 0.29) is 17.5 Å². The van der Waals surface area contributed by atoms with E-state index >= 15 is 0 Å². The third-order valence-electron chi connectivity index (χ3n) is 2.85. The number of carbonyl (C=O) groups excluding carboxylic acids is 1. The van der Waals surface area contributed by atoms with Gasteiger partial charge in [0.1, 0.15) is 17.3 Å². The third-order valence-corrected chi connectivity index (χ3v) is 3.07. The van der Waals surface area contributed by atoms with Crippen molar-refractivity contribution in [1.82, 2.24) is 0 Å². The van der Waals surface area contributed by atoms with Gasteiger partial charge in [-0.15, -0.1) is 0 Å². The number of esters is 1. The molecule has 0 atom stereocenters. The van der Waals surface area contributed by atoms with Crippen molar-refractivity contribution in [1.29, 1.82) is 0 Å². The first-order chi connectivity index (χ1) is 9.53. The summed E-state index contributed by atoms with van der Waals surface area (Å²) in [5.41, 5.74) is 7.25. The van der Waals surface area contributed by atoms with E-state index in [1.165, 1.54) is 7.11 Å². The van der Waals surface area contributed by atoms with Crippen LogP contribution < -0.4 is 15.4 Å². The molecule has 0 aliphatic heterocycles. The number of rotatable bonds is 7. The van der Waals surface area contributed by atoms with Crippen LogP contribution in [0.5, 0.6) is 5.75 Å². The molecule has 2 N–H and O–H groups in total. The Hall–Kier alpha value is -1.82. The number of hydrogen-bond donors (Lipinski definition) is 1. The average Bonchev–Trinajstić information content (AvgIpc) is 2.45. The molecule has 0 aliphatic carbocycles. The summed E-state index contributed by atoms with van der Waals surface area (Å²) >= 11 is 5.07. The Bertz CT molecular complexity index is 491. The number of hydrogen-bond acceptors (Lipinski definition) is 5. The maximum Gasteiger partial charge on any atom is 0.325 e. The number of carbonyl (C=O) groups is 1. The molecule has 0 unspecified atom stereocenters. The largest absolute Gasteiger partial charge is 0.497 e. The molecule has 0 heterocycles. The molecule has 1 aromatic carbocycles. The number of nitrogens with zero attached hydrogens (tertiary/aromatic N) is 1. The highest BCUT2D eigenvalue weighted by molar-refractivity contribution is 7.80. The van der Waals surface area contributed by atoms with Crippen molar-refractivity contribution < 1.29 is 14.3 Å². The van der Waals surface area contributed by atoms with Crippen LogP contribution in [0.3, 0.4) is 0 Å². The summed E-state index contributed by atoms with van der Waals surface area (Å²) in [7, 11) is 2.95. The van der Waals surface area contributed by atoms with Crippen LogP contribution in [0.25, 0.3) is 0 Å². The van der Waals surface area contributed by atoms with E-state index in [2.05, 4.69) is 0 Å². The Balaban J connectivity index is 3.21. The number of methoxy groups -OCH3 is 2. The second kappa shape index (κ2) is 7.69. The van der Waals surface area contributed by atoms with Crippen molar-refractivity contribution in [2.75, 3.05) is 32.2 Å². The molecule has 0 amide bonds. The van der Waals surface area contributed by atoms with Gasteiger partial charge in [-0.3, -0.25) is 4.79 Å². The zero-order valence-electron chi connectivity index (χ0n) is 12.0. The number of nitrogens with two attached hydrogens (primary N) is 1. The quantitative estimate of drug-likeness (QED) is 0.610. The Morgan fingerprint density at radius 1 is 1.40 bits per heavy atom. The van der Waals surface area contributed by atoms with Crippen molar-refractivity contribution in [2.45, 2.75) is 13.3 Å². The lowest BCUT2D eigenvalue weighted by molar-refractivity contribution is -0.138. The Morgan fingerprint density at radius 2 is 2.10 bits per heavy atom. The summed E-state index contributed by atoms with van der Waals surface area (Å²) in [6, 6.07) is 5.42. The van der Waals surface area contributed by atoms with Gasteiger partial charge in [-0.25, -0.2) is 0 Å². The minimum atomic E-state index is -0.310. The first-order valence-electron chi connectivity index (χ1n) is 6.33. The molecule has 0 bridgehead atoms. The number of anilines is 1. The first-order valence-corrected chi connectivity index (χ1v) is 6.73. The molecule has 0 aliphatic rings. The normalized spacial score (nSPS) is 9.95. The van der Waals surface area contributed by atoms with Gasteiger partial charge in [0, 0.05) is 18.2 Å². The molecule has 110 valence electrons. The van der Waals surface area contributed by atoms with Crippen molar-refractivity contribution in [3.63, 3.8) is 0 Å². The van der Waals surface area contributed by atoms with Crippen LogP contribution in [0.2, 0.25) is 0 Å². The summed E-state index contributed by atoms with van der Waals surface area (Å²) in [5.74, 6) is 0.376. The maximum absolute atomic E-state index is 11.5. The Kier molecular flexibility index (Phi) is 6.24. The van der Waals surface area contributed by atoms with Gasteiger partial charge >= 0.3 is 5.97 Å². The van der Waals surface area contributed by atoms with E-state index < -0.39 is 0 Å². The van der Waals surface area contributed by atoms with Crippen LogP contribution in [-0.4, -0.2) is 38.3 Å². The molecule has 0 radical (unpaired) electrons. The molecule has 0 aromatic heterocycles. The number of ether oxygens (including phenoxy) is 2. The minimum Gasteiger partial charge on any atom is -0.497 e. The fourth-order valence-electron chi connectivity index (χ4n) is 1.88. The zero-order valence-corrected chi connectivity index (χ0v) is 12.8. The lowest BCUT2D eigenvalue weighted by Crippen LogP contribution is -2.33. The summed E-state index contributed by atoms with van der Waals surface area (Å²) < 4.78 is 9.95. The van der Waals surface area contributed by atoms with Crippen molar-refractivity contribution >= 4 is 28.9 Å². The van der Waals surface area contributed by atoms with Gasteiger partial charge in [-0.1, -0.05) is 19.1 Å². The van der Waals surface area contributed by atoms with Gasteiger partial charge in [-0.05, 0) is 18.6 Å². The lowest BCUT2D eigenvalue weighted by Gasteiger charge is -2.25.